The lowest BCUT2D eigenvalue weighted by atomic mass is 9.98. The zero-order chi connectivity index (χ0) is 45.5. The second-order valence-electron chi connectivity index (χ2n) is 16.4. The number of nitrogens with two attached hydrogens (primary N) is 5. The van der Waals surface area contributed by atoms with Crippen LogP contribution in [0.5, 0.6) is 0 Å². The SMILES string of the molecule is CC(C)C[C@H](NC(=O)[C@@H](NC(=O)[C@H](Cc1ccccc1)NC(=O)[C@H](C)NC(=O)[C@@H](N)CC(C)C)C(C)C)C(=O)N[C@@H](CCCN=C(N)N)C(=O)N[C@@H](CCCCN)C(N)=O. The van der Waals surface area contributed by atoms with Gasteiger partial charge < -0.3 is 60.6 Å². The summed E-state index contributed by atoms with van der Waals surface area (Å²) in [7, 11) is 0. The van der Waals surface area contributed by atoms with Crippen molar-refractivity contribution in [2.24, 2.45) is 51.4 Å². The molecule has 1 rings (SSSR count). The fourth-order valence-corrected chi connectivity index (χ4v) is 6.21. The zero-order valence-electron chi connectivity index (χ0n) is 36.4. The fourth-order valence-electron chi connectivity index (χ4n) is 6.21. The van der Waals surface area contributed by atoms with Crippen LogP contribution in [0.4, 0.5) is 0 Å². The first-order valence-electron chi connectivity index (χ1n) is 20.8. The number of primary amides is 1. The fraction of sp³-hybridized carbons (Fsp3) is 0.659. The Bertz CT molecular complexity index is 1570. The number of nitrogens with one attached hydrogen (secondary N) is 6. The molecule has 0 spiro atoms. The molecule has 1 aromatic carbocycles. The van der Waals surface area contributed by atoms with E-state index >= 15 is 0 Å². The van der Waals surface area contributed by atoms with Crippen LogP contribution >= 0.6 is 0 Å². The third-order valence-corrected chi connectivity index (χ3v) is 9.50. The van der Waals surface area contributed by atoms with Crippen molar-refractivity contribution < 1.29 is 33.6 Å². The summed E-state index contributed by atoms with van der Waals surface area (Å²) >= 11 is 0. The van der Waals surface area contributed by atoms with Crippen LogP contribution in [0, 0.1) is 17.8 Å². The highest BCUT2D eigenvalue weighted by Crippen LogP contribution is 2.12. The second kappa shape index (κ2) is 27.5. The molecule has 7 amide bonds. The van der Waals surface area contributed by atoms with E-state index in [4.69, 9.17) is 28.7 Å². The lowest BCUT2D eigenvalue weighted by molar-refractivity contribution is -0.136. The molecule has 16 N–H and O–H groups in total. The maximum atomic E-state index is 14.0. The number of carbonyl (C=O) groups is 7. The summed E-state index contributed by atoms with van der Waals surface area (Å²) in [5.74, 6) is -5.13. The van der Waals surface area contributed by atoms with E-state index in [1.165, 1.54) is 6.92 Å². The molecule has 0 aliphatic rings. The van der Waals surface area contributed by atoms with E-state index in [-0.39, 0.29) is 56.4 Å². The highest BCUT2D eigenvalue weighted by molar-refractivity contribution is 5.97. The van der Waals surface area contributed by atoms with E-state index < -0.39 is 89.6 Å². The predicted molar refractivity (Wildman–Crippen MR) is 231 cm³/mol. The second-order valence-corrected chi connectivity index (χ2v) is 16.4. The molecule has 0 saturated heterocycles. The van der Waals surface area contributed by atoms with E-state index in [9.17, 15) is 33.6 Å². The Morgan fingerprint density at radius 1 is 0.583 bits per heavy atom. The number of aliphatic imine (C=N–C) groups is 1. The van der Waals surface area contributed by atoms with Crippen LogP contribution in [-0.4, -0.2) is 103 Å². The molecule has 60 heavy (non-hydrogen) atoms. The molecule has 0 aliphatic carbocycles. The van der Waals surface area contributed by atoms with Crippen LogP contribution in [0.25, 0.3) is 0 Å². The van der Waals surface area contributed by atoms with Gasteiger partial charge in [-0.2, -0.15) is 0 Å². The maximum absolute atomic E-state index is 14.0. The quantitative estimate of drug-likeness (QED) is 0.0273. The normalized spacial score (nSPS) is 14.7. The van der Waals surface area contributed by atoms with Gasteiger partial charge in [0.25, 0.3) is 0 Å². The van der Waals surface area contributed by atoms with Gasteiger partial charge in [-0.1, -0.05) is 71.9 Å². The Kier molecular flexibility index (Phi) is 24.1. The van der Waals surface area contributed by atoms with Gasteiger partial charge in [0.05, 0.1) is 6.04 Å². The smallest absolute Gasteiger partial charge is 0.243 e. The monoisotopic (exact) mass is 845 g/mol. The summed E-state index contributed by atoms with van der Waals surface area (Å²) in [4.78, 5) is 97.6. The van der Waals surface area contributed by atoms with E-state index in [1.807, 2.05) is 33.8 Å². The molecule has 0 aromatic heterocycles. The number of benzene rings is 1. The van der Waals surface area contributed by atoms with E-state index in [0.717, 1.165) is 5.56 Å². The minimum atomic E-state index is -1.16. The van der Waals surface area contributed by atoms with Gasteiger partial charge in [0.1, 0.15) is 36.3 Å². The Morgan fingerprint density at radius 2 is 1.12 bits per heavy atom. The summed E-state index contributed by atoms with van der Waals surface area (Å²) in [6.45, 7) is 13.0. The largest absolute Gasteiger partial charge is 0.370 e. The Morgan fingerprint density at radius 3 is 1.67 bits per heavy atom. The predicted octanol–water partition coefficient (Wildman–Crippen LogP) is -1.10. The van der Waals surface area contributed by atoms with Gasteiger partial charge >= 0.3 is 0 Å². The molecule has 0 unspecified atom stereocenters. The molecule has 0 bridgehead atoms. The summed E-state index contributed by atoms with van der Waals surface area (Å²) < 4.78 is 0. The number of hydrogen-bond acceptors (Lipinski definition) is 10. The van der Waals surface area contributed by atoms with Crippen molar-refractivity contribution in [3.05, 3.63) is 35.9 Å². The van der Waals surface area contributed by atoms with Crippen molar-refractivity contribution in [3.8, 4) is 0 Å². The van der Waals surface area contributed by atoms with Crippen molar-refractivity contribution in [3.63, 3.8) is 0 Å². The number of unbranched alkanes of at least 4 members (excludes halogenated alkanes) is 1. The van der Waals surface area contributed by atoms with E-state index in [0.29, 0.717) is 25.8 Å². The average Bonchev–Trinajstić information content (AvgIpc) is 3.16. The molecule has 7 atom stereocenters. The standard InChI is InChI=1S/C41H72N12O7/c1-23(2)20-28(43)36(56)48-26(7)35(55)51-32(22-27-14-9-8-10-15-27)39(59)53-33(25(5)6)40(60)52-31(21-24(3)4)38(58)50-30(17-13-19-47-41(45)46)37(57)49-29(34(44)54)16-11-12-18-42/h8-10,14-15,23-26,28-33H,11-13,16-22,42-43H2,1-7H3,(H2,44,54)(H,48,56)(H,49,57)(H,50,58)(H,51,55)(H,52,60)(H,53,59)(H4,45,46,47)/t26-,28-,29-,30-,31-,32-,33-/m0/s1. The van der Waals surface area contributed by atoms with Crippen LogP contribution in [0.3, 0.4) is 0 Å². The Labute approximate surface area is 354 Å². The molecule has 1 aromatic rings. The molecule has 0 radical (unpaired) electrons. The van der Waals surface area contributed by atoms with E-state index in [1.54, 1.807) is 38.1 Å². The number of rotatable bonds is 28. The molecule has 0 fully saturated rings. The average molecular weight is 845 g/mol. The molecule has 19 nitrogen and oxygen atoms in total. The minimum Gasteiger partial charge on any atom is -0.370 e. The highest BCUT2D eigenvalue weighted by atomic mass is 16.2. The Balaban J connectivity index is 3.32. The topological polar surface area (TPSA) is 334 Å². The Hall–Kier alpha value is -5.30. The van der Waals surface area contributed by atoms with Crippen molar-refractivity contribution in [1.82, 2.24) is 31.9 Å². The lowest BCUT2D eigenvalue weighted by Crippen LogP contribution is -2.61. The summed E-state index contributed by atoms with van der Waals surface area (Å²) in [6, 6.07) is 1.47. The van der Waals surface area contributed by atoms with Crippen LogP contribution < -0.4 is 60.6 Å². The van der Waals surface area contributed by atoms with Gasteiger partial charge in [0, 0.05) is 13.0 Å². The van der Waals surface area contributed by atoms with Gasteiger partial charge in [-0.05, 0) is 81.7 Å². The molecule has 0 heterocycles. The van der Waals surface area contributed by atoms with Crippen molar-refractivity contribution in [2.75, 3.05) is 13.1 Å². The number of hydrogen-bond donors (Lipinski definition) is 11. The third-order valence-electron chi connectivity index (χ3n) is 9.50. The first-order chi connectivity index (χ1) is 28.2. The first kappa shape index (κ1) is 52.7. The van der Waals surface area contributed by atoms with E-state index in [2.05, 4.69) is 36.9 Å². The van der Waals surface area contributed by atoms with Gasteiger partial charge in [-0.15, -0.1) is 0 Å². The molecule has 338 valence electrons. The van der Waals surface area contributed by atoms with Crippen LogP contribution in [0.15, 0.2) is 35.3 Å². The van der Waals surface area contributed by atoms with Gasteiger partial charge in [0.15, 0.2) is 5.96 Å². The summed E-state index contributed by atoms with van der Waals surface area (Å²) in [5, 5.41) is 16.2. The highest BCUT2D eigenvalue weighted by Gasteiger charge is 2.34. The third kappa shape index (κ3) is 20.6. The molecule has 0 aliphatic heterocycles. The molecular formula is C41H72N12O7. The zero-order valence-corrected chi connectivity index (χ0v) is 36.4. The summed E-state index contributed by atoms with van der Waals surface area (Å²) in [6.07, 6.45) is 2.41. The van der Waals surface area contributed by atoms with Gasteiger partial charge in [-0.3, -0.25) is 38.6 Å². The van der Waals surface area contributed by atoms with Gasteiger partial charge in [0.2, 0.25) is 41.4 Å². The number of nitrogens with zero attached hydrogens (tertiary/aromatic N) is 1. The lowest BCUT2D eigenvalue weighted by Gasteiger charge is -2.29. The molecular weight excluding hydrogens is 773 g/mol. The number of amides is 7. The van der Waals surface area contributed by atoms with Gasteiger partial charge in [-0.25, -0.2) is 0 Å². The van der Waals surface area contributed by atoms with Crippen LogP contribution in [-0.2, 0) is 40.0 Å². The molecule has 0 saturated carbocycles. The van der Waals surface area contributed by atoms with Crippen LogP contribution in [0.2, 0.25) is 0 Å². The van der Waals surface area contributed by atoms with Crippen molar-refractivity contribution in [1.29, 1.82) is 0 Å². The first-order valence-corrected chi connectivity index (χ1v) is 20.8. The number of carbonyl (C=O) groups excluding carboxylic acids is 7. The van der Waals surface area contributed by atoms with Crippen molar-refractivity contribution in [2.45, 2.75) is 142 Å². The maximum Gasteiger partial charge on any atom is 0.243 e. The number of guanidine groups is 1. The molecule has 19 heteroatoms. The summed E-state index contributed by atoms with van der Waals surface area (Å²) in [5.41, 5.74) is 28.8. The minimum absolute atomic E-state index is 0.0625. The van der Waals surface area contributed by atoms with Crippen molar-refractivity contribution >= 4 is 47.3 Å². The van der Waals surface area contributed by atoms with Crippen LogP contribution in [0.1, 0.15) is 99.0 Å².